The first-order chi connectivity index (χ1) is 10.3. The van der Waals surface area contributed by atoms with Gasteiger partial charge in [0, 0.05) is 25.7 Å². The van der Waals surface area contributed by atoms with E-state index < -0.39 is 12.1 Å². The standard InChI is InChI=1S/C15H21F3N2O2/c1-2-13(21)20-9-4-3-7-12(20)11-6-5-8-19(10-11)14(22)15(16,17)18/h2,11-12H,1,3-10H2. The molecule has 0 aliphatic carbocycles. The van der Waals surface area contributed by atoms with Gasteiger partial charge in [-0.3, -0.25) is 9.59 Å². The molecule has 2 saturated heterocycles. The van der Waals surface area contributed by atoms with Gasteiger partial charge in [0.15, 0.2) is 0 Å². The third-order valence-electron chi connectivity index (χ3n) is 4.54. The van der Waals surface area contributed by atoms with E-state index in [-0.39, 0.29) is 31.0 Å². The fourth-order valence-corrected chi connectivity index (χ4v) is 3.53. The highest BCUT2D eigenvalue weighted by atomic mass is 19.4. The highest BCUT2D eigenvalue weighted by Gasteiger charge is 2.45. The topological polar surface area (TPSA) is 40.6 Å². The maximum atomic E-state index is 12.6. The first kappa shape index (κ1) is 16.8. The number of likely N-dealkylation sites (tertiary alicyclic amines) is 2. The van der Waals surface area contributed by atoms with Crippen molar-refractivity contribution in [2.24, 2.45) is 5.92 Å². The molecule has 0 bridgehead atoms. The monoisotopic (exact) mass is 318 g/mol. The fourth-order valence-electron chi connectivity index (χ4n) is 3.53. The summed E-state index contributed by atoms with van der Waals surface area (Å²) < 4.78 is 37.8. The van der Waals surface area contributed by atoms with Gasteiger partial charge in [0.1, 0.15) is 0 Å². The van der Waals surface area contributed by atoms with Crippen molar-refractivity contribution in [1.29, 1.82) is 0 Å². The lowest BCUT2D eigenvalue weighted by Crippen LogP contribution is -2.54. The summed E-state index contributed by atoms with van der Waals surface area (Å²) in [5, 5.41) is 0. The van der Waals surface area contributed by atoms with Gasteiger partial charge < -0.3 is 9.80 Å². The second kappa shape index (κ2) is 6.71. The van der Waals surface area contributed by atoms with E-state index in [2.05, 4.69) is 6.58 Å². The first-order valence-corrected chi connectivity index (χ1v) is 7.63. The molecule has 2 rings (SSSR count). The molecule has 124 valence electrons. The molecule has 2 amide bonds. The van der Waals surface area contributed by atoms with Gasteiger partial charge >= 0.3 is 12.1 Å². The van der Waals surface area contributed by atoms with Crippen LogP contribution in [0.15, 0.2) is 12.7 Å². The van der Waals surface area contributed by atoms with Gasteiger partial charge in [0.2, 0.25) is 5.91 Å². The van der Waals surface area contributed by atoms with Crippen molar-refractivity contribution in [3.63, 3.8) is 0 Å². The van der Waals surface area contributed by atoms with Gasteiger partial charge in [0.05, 0.1) is 0 Å². The summed E-state index contributed by atoms with van der Waals surface area (Å²) in [7, 11) is 0. The van der Waals surface area contributed by atoms with Gasteiger partial charge in [0.25, 0.3) is 0 Å². The fraction of sp³-hybridized carbons (Fsp3) is 0.733. The average Bonchev–Trinajstić information content (AvgIpc) is 2.52. The zero-order valence-electron chi connectivity index (χ0n) is 12.4. The van der Waals surface area contributed by atoms with Crippen LogP contribution in [-0.4, -0.2) is 53.5 Å². The number of piperidine rings is 2. The molecule has 0 aromatic rings. The number of amides is 2. The number of rotatable bonds is 2. The molecular formula is C15H21F3N2O2. The minimum atomic E-state index is -4.83. The van der Waals surface area contributed by atoms with Crippen molar-refractivity contribution < 1.29 is 22.8 Å². The Morgan fingerprint density at radius 3 is 2.45 bits per heavy atom. The van der Waals surface area contributed by atoms with Crippen LogP contribution in [0.3, 0.4) is 0 Å². The number of halogens is 3. The molecule has 2 fully saturated rings. The molecule has 2 heterocycles. The quantitative estimate of drug-likeness (QED) is 0.733. The van der Waals surface area contributed by atoms with E-state index in [1.165, 1.54) is 6.08 Å². The molecule has 2 aliphatic rings. The van der Waals surface area contributed by atoms with E-state index in [0.29, 0.717) is 13.0 Å². The van der Waals surface area contributed by atoms with Crippen LogP contribution in [0, 0.1) is 5.92 Å². The predicted molar refractivity (Wildman–Crippen MR) is 74.9 cm³/mol. The van der Waals surface area contributed by atoms with Crippen molar-refractivity contribution in [3.8, 4) is 0 Å². The molecule has 0 spiro atoms. The van der Waals surface area contributed by atoms with Crippen LogP contribution >= 0.6 is 0 Å². The van der Waals surface area contributed by atoms with E-state index in [1.807, 2.05) is 0 Å². The van der Waals surface area contributed by atoms with Gasteiger partial charge in [-0.15, -0.1) is 0 Å². The summed E-state index contributed by atoms with van der Waals surface area (Å²) in [6, 6.07) is -0.0944. The Balaban J connectivity index is 2.08. The zero-order chi connectivity index (χ0) is 16.3. The molecule has 2 atom stereocenters. The first-order valence-electron chi connectivity index (χ1n) is 7.63. The van der Waals surface area contributed by atoms with Crippen LogP contribution in [0.5, 0.6) is 0 Å². The molecule has 0 N–H and O–H groups in total. The van der Waals surface area contributed by atoms with Crippen LogP contribution < -0.4 is 0 Å². The lowest BCUT2D eigenvalue weighted by atomic mass is 9.84. The molecule has 0 aromatic carbocycles. The summed E-state index contributed by atoms with van der Waals surface area (Å²) in [6.45, 7) is 4.31. The molecular weight excluding hydrogens is 297 g/mol. The summed E-state index contributed by atoms with van der Waals surface area (Å²) in [5.74, 6) is -2.04. The van der Waals surface area contributed by atoms with Gasteiger partial charge in [-0.25, -0.2) is 0 Å². The molecule has 0 aromatic heterocycles. The van der Waals surface area contributed by atoms with E-state index in [4.69, 9.17) is 0 Å². The smallest absolute Gasteiger partial charge is 0.336 e. The number of carbonyl (C=O) groups is 2. The molecule has 7 heteroatoms. The van der Waals surface area contributed by atoms with Gasteiger partial charge in [-0.2, -0.15) is 13.2 Å². The molecule has 0 saturated carbocycles. The van der Waals surface area contributed by atoms with E-state index in [9.17, 15) is 22.8 Å². The third kappa shape index (κ3) is 3.62. The Labute approximate surface area is 127 Å². The Kier molecular flexibility index (Phi) is 5.13. The van der Waals surface area contributed by atoms with Crippen LogP contribution in [0.4, 0.5) is 13.2 Å². The van der Waals surface area contributed by atoms with Crippen LogP contribution in [0.25, 0.3) is 0 Å². The second-order valence-electron chi connectivity index (χ2n) is 5.95. The van der Waals surface area contributed by atoms with E-state index >= 15 is 0 Å². The highest BCUT2D eigenvalue weighted by Crippen LogP contribution is 2.31. The van der Waals surface area contributed by atoms with Crippen LogP contribution in [0.2, 0.25) is 0 Å². The molecule has 22 heavy (non-hydrogen) atoms. The van der Waals surface area contributed by atoms with Crippen molar-refractivity contribution in [1.82, 2.24) is 9.80 Å². The Morgan fingerprint density at radius 1 is 1.09 bits per heavy atom. The molecule has 4 nitrogen and oxygen atoms in total. The maximum Gasteiger partial charge on any atom is 0.471 e. The zero-order valence-corrected chi connectivity index (χ0v) is 12.4. The maximum absolute atomic E-state index is 12.6. The average molecular weight is 318 g/mol. The minimum Gasteiger partial charge on any atom is -0.336 e. The normalized spacial score (nSPS) is 26.7. The molecule has 2 aliphatic heterocycles. The second-order valence-corrected chi connectivity index (χ2v) is 5.95. The number of hydrogen-bond acceptors (Lipinski definition) is 2. The van der Waals surface area contributed by atoms with Crippen molar-refractivity contribution >= 4 is 11.8 Å². The minimum absolute atomic E-state index is 0.0733. The number of alkyl halides is 3. The summed E-state index contributed by atoms with van der Waals surface area (Å²) in [6.07, 6.45) is 0.332. The highest BCUT2D eigenvalue weighted by molar-refractivity contribution is 5.87. The molecule has 0 radical (unpaired) electrons. The number of hydrogen-bond donors (Lipinski definition) is 0. The van der Waals surface area contributed by atoms with Crippen molar-refractivity contribution in [2.75, 3.05) is 19.6 Å². The van der Waals surface area contributed by atoms with Crippen LogP contribution in [0.1, 0.15) is 32.1 Å². The Hall–Kier alpha value is -1.53. The SMILES string of the molecule is C=CC(=O)N1CCCCC1C1CCCN(C(=O)C(F)(F)F)C1. The van der Waals surface area contributed by atoms with Gasteiger partial charge in [-0.05, 0) is 44.1 Å². The lowest BCUT2D eigenvalue weighted by Gasteiger charge is -2.44. The Morgan fingerprint density at radius 2 is 1.82 bits per heavy atom. The van der Waals surface area contributed by atoms with Gasteiger partial charge in [-0.1, -0.05) is 6.58 Å². The van der Waals surface area contributed by atoms with Crippen LogP contribution in [-0.2, 0) is 9.59 Å². The predicted octanol–water partition coefficient (Wildman–Crippen LogP) is 2.35. The van der Waals surface area contributed by atoms with E-state index in [0.717, 1.165) is 30.6 Å². The van der Waals surface area contributed by atoms with Crippen molar-refractivity contribution in [3.05, 3.63) is 12.7 Å². The largest absolute Gasteiger partial charge is 0.471 e. The number of carbonyl (C=O) groups excluding carboxylic acids is 2. The third-order valence-corrected chi connectivity index (χ3v) is 4.54. The summed E-state index contributed by atoms with van der Waals surface area (Å²) >= 11 is 0. The molecule has 2 unspecified atom stereocenters. The Bertz CT molecular complexity index is 451. The summed E-state index contributed by atoms with van der Waals surface area (Å²) in [5.41, 5.74) is 0. The lowest BCUT2D eigenvalue weighted by molar-refractivity contribution is -0.187. The number of nitrogens with zero attached hydrogens (tertiary/aromatic N) is 2. The van der Waals surface area contributed by atoms with Crippen molar-refractivity contribution in [2.45, 2.75) is 44.3 Å². The summed E-state index contributed by atoms with van der Waals surface area (Å²) in [4.78, 5) is 26.0. The van der Waals surface area contributed by atoms with E-state index in [1.54, 1.807) is 4.90 Å².